The molecule has 2 aliphatic carbocycles. The Balaban J connectivity index is 0.789. The van der Waals surface area contributed by atoms with E-state index in [1.165, 1.54) is 22.1 Å². The lowest BCUT2D eigenvalue weighted by Crippen LogP contribution is -2.62. The van der Waals surface area contributed by atoms with Crippen LogP contribution in [0.25, 0.3) is 22.6 Å². The number of likely N-dealkylation sites (tertiary alicyclic amines) is 1. The van der Waals surface area contributed by atoms with E-state index in [4.69, 9.17) is 4.52 Å². The maximum absolute atomic E-state index is 15.1. The Morgan fingerprint density at radius 1 is 1.05 bits per heavy atom. The molecule has 306 valence electrons. The van der Waals surface area contributed by atoms with Gasteiger partial charge in [-0.2, -0.15) is 18.3 Å². The molecule has 2 saturated heterocycles. The maximum atomic E-state index is 15.1. The second kappa shape index (κ2) is 14.1. The highest BCUT2D eigenvalue weighted by atomic mass is 19.4. The number of aromatic amines is 1. The molecular weight excluding hydrogens is 773 g/mol. The van der Waals surface area contributed by atoms with Gasteiger partial charge in [-0.3, -0.25) is 29.8 Å². The van der Waals surface area contributed by atoms with Crippen LogP contribution in [0.5, 0.6) is 0 Å². The van der Waals surface area contributed by atoms with E-state index in [1.54, 1.807) is 18.3 Å². The minimum absolute atomic E-state index is 0.0483. The molecule has 1 saturated carbocycles. The van der Waals surface area contributed by atoms with E-state index in [-0.39, 0.29) is 65.5 Å². The lowest BCUT2D eigenvalue weighted by atomic mass is 9.56. The van der Waals surface area contributed by atoms with Crippen LogP contribution in [0.3, 0.4) is 0 Å². The van der Waals surface area contributed by atoms with Gasteiger partial charge in [-0.25, -0.2) is 24.1 Å². The average Bonchev–Trinajstić information content (AvgIpc) is 3.94. The molecule has 14 nitrogen and oxygen atoms in total. The van der Waals surface area contributed by atoms with Gasteiger partial charge in [0.1, 0.15) is 17.1 Å². The first-order valence-electron chi connectivity index (χ1n) is 19.4. The third-order valence-corrected chi connectivity index (χ3v) is 12.3. The summed E-state index contributed by atoms with van der Waals surface area (Å²) in [6.45, 7) is 5.78. The largest absolute Gasteiger partial charge is 0.401 e. The van der Waals surface area contributed by atoms with Gasteiger partial charge in [0.05, 0.1) is 12.2 Å². The van der Waals surface area contributed by atoms with Crippen LogP contribution in [0.2, 0.25) is 0 Å². The molecule has 1 atom stereocenters. The zero-order valence-electron chi connectivity index (χ0n) is 32.4. The Morgan fingerprint density at radius 3 is 2.58 bits per heavy atom. The highest BCUT2D eigenvalue weighted by molar-refractivity contribution is 6.05. The summed E-state index contributed by atoms with van der Waals surface area (Å²) >= 11 is 0. The topological polar surface area (TPSA) is 175 Å². The number of benzene rings is 2. The summed E-state index contributed by atoms with van der Waals surface area (Å²) < 4.78 is 60.4. The first-order valence-corrected chi connectivity index (χ1v) is 19.4. The van der Waals surface area contributed by atoms with Crippen molar-refractivity contribution in [2.24, 2.45) is 5.41 Å². The molecule has 1 spiro atoms. The van der Waals surface area contributed by atoms with Gasteiger partial charge in [0.25, 0.3) is 5.91 Å². The van der Waals surface area contributed by atoms with Crippen LogP contribution < -0.4 is 15.5 Å². The third-order valence-electron chi connectivity index (χ3n) is 12.3. The summed E-state index contributed by atoms with van der Waals surface area (Å²) in [5, 5.41) is 14.8. The summed E-state index contributed by atoms with van der Waals surface area (Å²) in [4.78, 5) is 53.4. The minimum atomic E-state index is -4.55. The standard InChI is InChI=1S/C41H40F4N10O4/c1-21-27(17-46-35(48-21)29-14-32(59-53-29)36(57)47-18-33-49-37(52-51-33)39(2,3)41(43,44)45)24-4-7-26-23(12-24)6-8-30(26)54-19-40(20-54)15-25(16-40)22-5-9-31(28(42)13-22)55-11-10-34(56)50-38(55)58/h4-5,7,9,12-14,17,25,30H,6,8,10-11,15-16,18-20H2,1-3H3,(H,47,57)(H,49,51,52)(H,50,56,58). The third kappa shape index (κ3) is 6.91. The van der Waals surface area contributed by atoms with E-state index >= 15 is 4.39 Å². The molecule has 2 aliphatic heterocycles. The normalized spacial score (nSPS) is 19.4. The second-order valence-corrected chi connectivity index (χ2v) is 16.6. The van der Waals surface area contributed by atoms with E-state index in [2.05, 4.69) is 64.0 Å². The van der Waals surface area contributed by atoms with Crippen LogP contribution in [0.15, 0.2) is 53.2 Å². The number of carbonyl (C=O) groups is 3. The summed E-state index contributed by atoms with van der Waals surface area (Å²) in [6, 6.07) is 12.7. The highest BCUT2D eigenvalue weighted by Gasteiger charge is 2.55. The van der Waals surface area contributed by atoms with Gasteiger partial charge < -0.3 is 9.84 Å². The maximum Gasteiger partial charge on any atom is 0.401 e. The van der Waals surface area contributed by atoms with Crippen LogP contribution in [0, 0.1) is 18.2 Å². The molecule has 9 rings (SSSR count). The SMILES string of the molecule is Cc1nc(-c2cc(C(=O)NCc3nc(C(C)(C)C(F)(F)F)n[nH]3)on2)ncc1-c1ccc2c(c1)CCC2N1CC2(CC(c3ccc(N4CCC(=O)NC4=O)c(F)c3)C2)C1. The molecule has 59 heavy (non-hydrogen) atoms. The van der Waals surface area contributed by atoms with Gasteiger partial charge in [0.15, 0.2) is 17.3 Å². The van der Waals surface area contributed by atoms with Gasteiger partial charge in [0.2, 0.25) is 11.7 Å². The smallest absolute Gasteiger partial charge is 0.350 e. The summed E-state index contributed by atoms with van der Waals surface area (Å²) in [5.41, 5.74) is 4.56. The minimum Gasteiger partial charge on any atom is -0.350 e. The number of rotatable bonds is 9. The molecule has 3 aromatic heterocycles. The van der Waals surface area contributed by atoms with Gasteiger partial charge in [-0.15, -0.1) is 0 Å². The zero-order chi connectivity index (χ0) is 41.4. The first-order chi connectivity index (χ1) is 28.1. The van der Waals surface area contributed by atoms with Crippen molar-refractivity contribution in [2.45, 2.75) is 83.0 Å². The number of hydrogen-bond donors (Lipinski definition) is 3. The number of fused-ring (bicyclic) bond motifs is 1. The van der Waals surface area contributed by atoms with E-state index < -0.39 is 35.2 Å². The van der Waals surface area contributed by atoms with Crippen LogP contribution >= 0.6 is 0 Å². The fourth-order valence-electron chi connectivity index (χ4n) is 8.84. The average molecular weight is 813 g/mol. The first kappa shape index (κ1) is 38.5. The van der Waals surface area contributed by atoms with Crippen LogP contribution in [-0.2, 0) is 23.2 Å². The van der Waals surface area contributed by atoms with Crippen molar-refractivity contribution in [3.05, 3.63) is 94.3 Å². The van der Waals surface area contributed by atoms with Crippen molar-refractivity contribution >= 4 is 23.5 Å². The van der Waals surface area contributed by atoms with E-state index in [0.717, 1.165) is 69.3 Å². The molecule has 0 bridgehead atoms. The summed E-state index contributed by atoms with van der Waals surface area (Å²) in [5.74, 6) is -1.44. The molecule has 0 radical (unpaired) electrons. The van der Waals surface area contributed by atoms with Gasteiger partial charge >= 0.3 is 12.2 Å². The number of aryl methyl sites for hydroxylation is 2. The number of urea groups is 1. The van der Waals surface area contributed by atoms with Crippen LogP contribution in [0.1, 0.15) is 96.1 Å². The Labute approximate surface area is 335 Å². The quantitative estimate of drug-likeness (QED) is 0.140. The highest BCUT2D eigenvalue weighted by Crippen LogP contribution is 2.58. The lowest BCUT2D eigenvalue weighted by Gasteiger charge is -2.61. The molecule has 3 N–H and O–H groups in total. The van der Waals surface area contributed by atoms with Crippen molar-refractivity contribution in [3.8, 4) is 22.6 Å². The fourth-order valence-corrected chi connectivity index (χ4v) is 8.84. The van der Waals surface area contributed by atoms with Crippen molar-refractivity contribution in [2.75, 3.05) is 24.5 Å². The summed E-state index contributed by atoms with van der Waals surface area (Å²) in [7, 11) is 0. The van der Waals surface area contributed by atoms with Gasteiger partial charge in [0, 0.05) is 55.6 Å². The van der Waals surface area contributed by atoms with Crippen LogP contribution in [-0.4, -0.2) is 78.9 Å². The van der Waals surface area contributed by atoms with Gasteiger partial charge in [-0.1, -0.05) is 29.4 Å². The number of imide groups is 1. The second-order valence-electron chi connectivity index (χ2n) is 16.6. The Hall–Kier alpha value is -6.04. The van der Waals surface area contributed by atoms with Crippen molar-refractivity contribution in [3.63, 3.8) is 0 Å². The Bertz CT molecular complexity index is 2500. The molecular formula is C41H40F4N10O4. The van der Waals surface area contributed by atoms with Crippen molar-refractivity contribution in [1.29, 1.82) is 0 Å². The van der Waals surface area contributed by atoms with E-state index in [0.29, 0.717) is 11.7 Å². The van der Waals surface area contributed by atoms with Crippen molar-refractivity contribution < 1.29 is 36.5 Å². The Kier molecular flexibility index (Phi) is 9.17. The number of aromatic nitrogens is 6. The monoisotopic (exact) mass is 812 g/mol. The number of nitrogens with zero attached hydrogens (tertiary/aromatic N) is 7. The molecule has 3 fully saturated rings. The number of alkyl halides is 3. The fraction of sp³-hybridized carbons (Fsp3) is 0.415. The molecule has 1 unspecified atom stereocenters. The zero-order valence-corrected chi connectivity index (χ0v) is 32.4. The number of carbonyl (C=O) groups excluding carboxylic acids is 3. The molecule has 4 amide bonds. The van der Waals surface area contributed by atoms with Crippen LogP contribution in [0.4, 0.5) is 28.0 Å². The number of anilines is 1. The Morgan fingerprint density at radius 2 is 1.85 bits per heavy atom. The lowest BCUT2D eigenvalue weighted by molar-refractivity contribution is -0.182. The number of nitrogens with one attached hydrogen (secondary N) is 3. The predicted octanol–water partition coefficient (Wildman–Crippen LogP) is 6.45. The number of amides is 4. The number of H-pyrrole nitrogens is 1. The summed E-state index contributed by atoms with van der Waals surface area (Å²) in [6.07, 6.45) is 1.30. The van der Waals surface area contributed by atoms with E-state index in [9.17, 15) is 27.6 Å². The number of hydrogen-bond acceptors (Lipinski definition) is 10. The molecule has 18 heteroatoms. The number of halogens is 4. The molecule has 2 aromatic carbocycles. The molecule has 5 heterocycles. The molecule has 5 aromatic rings. The predicted molar refractivity (Wildman–Crippen MR) is 203 cm³/mol. The van der Waals surface area contributed by atoms with Gasteiger partial charge in [-0.05, 0) is 92.2 Å². The molecule has 4 aliphatic rings. The van der Waals surface area contributed by atoms with Crippen molar-refractivity contribution in [1.82, 2.24) is 45.8 Å². The van der Waals surface area contributed by atoms with E-state index in [1.807, 2.05) is 13.0 Å².